The molecular weight excluding hydrogens is 668 g/mol. The fourth-order valence-electron chi connectivity index (χ4n) is 4.65. The number of hydrogen-bond acceptors (Lipinski definition) is 14. The van der Waals surface area contributed by atoms with E-state index in [9.17, 15) is 4.79 Å². The molecule has 7 rings (SSSR count). The zero-order valence-corrected chi connectivity index (χ0v) is 28.0. The lowest BCUT2D eigenvalue weighted by Crippen LogP contribution is -2.12. The maximum Gasteiger partial charge on any atom is 0.266 e. The van der Waals surface area contributed by atoms with Gasteiger partial charge in [0.1, 0.15) is 45.9 Å². The van der Waals surface area contributed by atoms with Gasteiger partial charge in [-0.15, -0.1) is 20.4 Å². The Morgan fingerprint density at radius 2 is 1.19 bits per heavy atom. The first-order chi connectivity index (χ1) is 25.4. The van der Waals surface area contributed by atoms with Crippen LogP contribution in [0.4, 0.5) is 11.4 Å². The highest BCUT2D eigenvalue weighted by Gasteiger charge is 2.13. The lowest BCUT2D eigenvalue weighted by molar-refractivity contribution is 0.102. The molecule has 0 unspecified atom stereocenters. The summed E-state index contributed by atoms with van der Waals surface area (Å²) in [4.78, 5) is 21.2. The van der Waals surface area contributed by atoms with Crippen LogP contribution in [-0.2, 0) is 0 Å². The number of aromatic nitrogens is 6. The molecule has 262 valence electrons. The number of nitrogens with zero attached hydrogens (tertiary/aromatic N) is 6. The summed E-state index contributed by atoms with van der Waals surface area (Å²) in [5, 5.41) is 17.8. The maximum absolute atomic E-state index is 12.9. The van der Waals surface area contributed by atoms with Crippen molar-refractivity contribution in [1.29, 1.82) is 0 Å². The van der Waals surface area contributed by atoms with Gasteiger partial charge in [0.25, 0.3) is 17.7 Å². The number of pyridine rings is 2. The van der Waals surface area contributed by atoms with Gasteiger partial charge < -0.3 is 38.8 Å². The molecule has 3 N–H and O–H groups in total. The van der Waals surface area contributed by atoms with Gasteiger partial charge in [0.15, 0.2) is 0 Å². The van der Waals surface area contributed by atoms with Crippen LogP contribution in [0.15, 0.2) is 125 Å². The summed E-state index contributed by atoms with van der Waals surface area (Å²) in [6, 6.07) is 26.2. The number of carbonyl (C=O) groups is 1. The molecule has 0 fully saturated rings. The SMILES string of the molecule is CCOc1cc(OCC)cc(C(=O)Nc2cccc(Oc3ccnc(-c4nnco4)c3)c2)c1.Nc1cccc(Oc2ccnc(-c3nnco3)c2)c1. The minimum absolute atomic E-state index is 0.294. The van der Waals surface area contributed by atoms with Crippen LogP contribution in [0, 0.1) is 0 Å². The Balaban J connectivity index is 0.000000206. The van der Waals surface area contributed by atoms with Crippen molar-refractivity contribution in [2.45, 2.75) is 13.8 Å². The Hall–Kier alpha value is -7.29. The molecule has 7 aromatic rings. The van der Waals surface area contributed by atoms with E-state index in [4.69, 9.17) is 33.5 Å². The monoisotopic (exact) mass is 700 g/mol. The van der Waals surface area contributed by atoms with Crippen LogP contribution in [-0.4, -0.2) is 49.5 Å². The van der Waals surface area contributed by atoms with Gasteiger partial charge in [0.2, 0.25) is 12.8 Å². The second kappa shape index (κ2) is 16.9. The number of benzene rings is 3. The Labute approximate surface area is 297 Å². The third kappa shape index (κ3) is 9.44. The van der Waals surface area contributed by atoms with Crippen molar-refractivity contribution in [3.05, 3.63) is 122 Å². The summed E-state index contributed by atoms with van der Waals surface area (Å²) in [5.74, 6) is 3.83. The zero-order valence-electron chi connectivity index (χ0n) is 28.0. The van der Waals surface area contributed by atoms with E-state index in [1.54, 1.807) is 91.3 Å². The van der Waals surface area contributed by atoms with Gasteiger partial charge >= 0.3 is 0 Å². The zero-order chi connectivity index (χ0) is 36.1. The molecule has 0 saturated carbocycles. The van der Waals surface area contributed by atoms with E-state index in [0.717, 1.165) is 0 Å². The van der Waals surface area contributed by atoms with Gasteiger partial charge in [-0.05, 0) is 62.4 Å². The number of ether oxygens (including phenoxy) is 4. The quantitative estimate of drug-likeness (QED) is 0.119. The number of amides is 1. The first-order valence-corrected chi connectivity index (χ1v) is 15.9. The highest BCUT2D eigenvalue weighted by Crippen LogP contribution is 2.29. The summed E-state index contributed by atoms with van der Waals surface area (Å²) in [7, 11) is 0. The van der Waals surface area contributed by atoms with E-state index >= 15 is 0 Å². The van der Waals surface area contributed by atoms with Gasteiger partial charge in [-0.1, -0.05) is 12.1 Å². The average Bonchev–Trinajstić information content (AvgIpc) is 3.89. The van der Waals surface area contributed by atoms with Crippen LogP contribution >= 0.6 is 0 Å². The molecule has 0 radical (unpaired) electrons. The predicted molar refractivity (Wildman–Crippen MR) is 189 cm³/mol. The van der Waals surface area contributed by atoms with Gasteiger partial charge in [-0.25, -0.2) is 0 Å². The Kier molecular flexibility index (Phi) is 11.2. The molecule has 0 aliphatic heterocycles. The summed E-state index contributed by atoms with van der Waals surface area (Å²) < 4.78 is 33.0. The molecule has 4 heterocycles. The first kappa shape index (κ1) is 34.6. The lowest BCUT2D eigenvalue weighted by atomic mass is 10.1. The van der Waals surface area contributed by atoms with Crippen LogP contribution in [0.3, 0.4) is 0 Å². The average molecular weight is 701 g/mol. The number of nitrogens with one attached hydrogen (secondary N) is 1. The fraction of sp³-hybridized carbons (Fsp3) is 0.108. The van der Waals surface area contributed by atoms with E-state index in [1.807, 2.05) is 26.0 Å². The van der Waals surface area contributed by atoms with Crippen molar-refractivity contribution >= 4 is 17.3 Å². The molecule has 0 bridgehead atoms. The van der Waals surface area contributed by atoms with Gasteiger partial charge in [0.05, 0.1) is 13.2 Å². The van der Waals surface area contributed by atoms with Crippen molar-refractivity contribution < 1.29 is 32.6 Å². The minimum atomic E-state index is -0.294. The van der Waals surface area contributed by atoms with Crippen molar-refractivity contribution in [2.75, 3.05) is 24.3 Å². The second-order valence-corrected chi connectivity index (χ2v) is 10.6. The summed E-state index contributed by atoms with van der Waals surface area (Å²) >= 11 is 0. The molecule has 0 spiro atoms. The molecule has 0 saturated heterocycles. The molecule has 52 heavy (non-hydrogen) atoms. The molecule has 15 nitrogen and oxygen atoms in total. The molecule has 15 heteroatoms. The summed E-state index contributed by atoms with van der Waals surface area (Å²) in [5.41, 5.74) is 8.38. The number of rotatable bonds is 12. The summed E-state index contributed by atoms with van der Waals surface area (Å²) in [6.07, 6.45) is 5.68. The normalized spacial score (nSPS) is 10.4. The third-order valence-corrected chi connectivity index (χ3v) is 6.81. The molecule has 1 amide bonds. The fourth-order valence-corrected chi connectivity index (χ4v) is 4.65. The third-order valence-electron chi connectivity index (χ3n) is 6.81. The molecule has 4 aromatic heterocycles. The molecular formula is C37H32N8O7. The standard InChI is InChI=1S/C24H22N4O5.C13H10N4O2/c1-3-30-20-10-16(11-21(13-20)31-4-2)23(29)27-17-6-5-7-18(12-17)33-19-8-9-25-22(14-19)24-28-26-15-32-24;14-9-2-1-3-10(6-9)19-11-4-5-15-12(7-11)13-17-16-8-18-13/h5-15H,3-4H2,1-2H3,(H,27,29);1-8H,14H2. The largest absolute Gasteiger partial charge is 0.494 e. The molecule has 0 atom stereocenters. The number of nitrogen functional groups attached to an aromatic ring is 1. The number of nitrogens with two attached hydrogens (primary N) is 1. The first-order valence-electron chi connectivity index (χ1n) is 15.9. The topological polar surface area (TPSA) is 196 Å². The van der Waals surface area contributed by atoms with Crippen LogP contribution in [0.2, 0.25) is 0 Å². The van der Waals surface area contributed by atoms with Crippen LogP contribution < -0.4 is 30.0 Å². The van der Waals surface area contributed by atoms with Crippen LogP contribution in [0.25, 0.3) is 23.2 Å². The Bertz CT molecular complexity index is 2190. The van der Waals surface area contributed by atoms with Gasteiger partial charge in [-0.3, -0.25) is 14.8 Å². The lowest BCUT2D eigenvalue weighted by Gasteiger charge is -2.12. The molecule has 3 aromatic carbocycles. The second-order valence-electron chi connectivity index (χ2n) is 10.6. The molecule has 0 aliphatic carbocycles. The van der Waals surface area contributed by atoms with E-state index in [2.05, 4.69) is 35.7 Å². The highest BCUT2D eigenvalue weighted by atomic mass is 16.5. The maximum atomic E-state index is 12.9. The number of carbonyl (C=O) groups excluding carboxylic acids is 1. The number of hydrogen-bond donors (Lipinski definition) is 2. The smallest absolute Gasteiger partial charge is 0.266 e. The van der Waals surface area contributed by atoms with Crippen molar-refractivity contribution in [3.63, 3.8) is 0 Å². The molecule has 0 aliphatic rings. The van der Waals surface area contributed by atoms with E-state index in [0.29, 0.717) is 87.8 Å². The predicted octanol–water partition coefficient (Wildman–Crippen LogP) is 7.48. The van der Waals surface area contributed by atoms with E-state index < -0.39 is 0 Å². The highest BCUT2D eigenvalue weighted by molar-refractivity contribution is 6.04. The van der Waals surface area contributed by atoms with Gasteiger partial charge in [0, 0.05) is 59.7 Å². The van der Waals surface area contributed by atoms with Gasteiger partial charge in [-0.2, -0.15) is 0 Å². The Morgan fingerprint density at radius 3 is 1.71 bits per heavy atom. The van der Waals surface area contributed by atoms with E-state index in [-0.39, 0.29) is 5.91 Å². The van der Waals surface area contributed by atoms with Crippen LogP contribution in [0.1, 0.15) is 24.2 Å². The Morgan fingerprint density at radius 1 is 0.654 bits per heavy atom. The summed E-state index contributed by atoms with van der Waals surface area (Å²) in [6.45, 7) is 4.73. The van der Waals surface area contributed by atoms with Crippen LogP contribution in [0.5, 0.6) is 34.5 Å². The minimum Gasteiger partial charge on any atom is -0.494 e. The van der Waals surface area contributed by atoms with Crippen molar-refractivity contribution in [1.82, 2.24) is 30.4 Å². The number of anilines is 2. The van der Waals surface area contributed by atoms with Crippen molar-refractivity contribution in [3.8, 4) is 57.7 Å². The van der Waals surface area contributed by atoms with E-state index in [1.165, 1.54) is 12.8 Å². The van der Waals surface area contributed by atoms with Crippen molar-refractivity contribution in [2.24, 2.45) is 0 Å².